The van der Waals surface area contributed by atoms with Gasteiger partial charge >= 0.3 is 0 Å². The van der Waals surface area contributed by atoms with E-state index in [0.717, 1.165) is 11.3 Å². The molecule has 1 aromatic carbocycles. The number of ether oxygens (including phenoxy) is 1. The number of hydrogen-bond donors (Lipinski definition) is 0. The zero-order valence-corrected chi connectivity index (χ0v) is 15.9. The van der Waals surface area contributed by atoms with Gasteiger partial charge < -0.3 is 9.64 Å². The first-order valence-corrected chi connectivity index (χ1v) is 9.04. The first kappa shape index (κ1) is 18.1. The van der Waals surface area contributed by atoms with Crippen LogP contribution < -0.4 is 4.74 Å². The Morgan fingerprint density at radius 3 is 2.71 bits per heavy atom. The lowest BCUT2D eigenvalue weighted by atomic mass is 10.2. The SMILES string of the molecule is Cc1nnn(-c2ccc(F)cc2)c1COc1cc2c(cn1)C(=O)N(C(C)C)C2. The number of halogens is 1. The summed E-state index contributed by atoms with van der Waals surface area (Å²) in [6, 6.07) is 7.94. The van der Waals surface area contributed by atoms with E-state index in [-0.39, 0.29) is 24.4 Å². The predicted molar refractivity (Wildman–Crippen MR) is 99.6 cm³/mol. The van der Waals surface area contributed by atoms with E-state index < -0.39 is 0 Å². The van der Waals surface area contributed by atoms with Gasteiger partial charge in [0.2, 0.25) is 5.88 Å². The standard InChI is InChI=1S/C20H20FN5O2/c1-12(2)25-10-14-8-19(22-9-17(14)20(25)27)28-11-18-13(3)23-24-26(18)16-6-4-15(21)5-7-16/h4-9,12H,10-11H2,1-3H3. The van der Waals surface area contributed by atoms with Crippen molar-refractivity contribution in [2.45, 2.75) is 40.0 Å². The number of amides is 1. The lowest BCUT2D eigenvalue weighted by molar-refractivity contribution is 0.0730. The summed E-state index contributed by atoms with van der Waals surface area (Å²) >= 11 is 0. The molecule has 0 bridgehead atoms. The number of pyridine rings is 1. The Morgan fingerprint density at radius 2 is 2.00 bits per heavy atom. The van der Waals surface area contributed by atoms with Gasteiger partial charge in [-0.15, -0.1) is 5.10 Å². The Kier molecular flexibility index (Phi) is 4.54. The van der Waals surface area contributed by atoms with Crippen molar-refractivity contribution in [1.29, 1.82) is 0 Å². The Bertz CT molecular complexity index is 1030. The van der Waals surface area contributed by atoms with Crippen molar-refractivity contribution in [3.8, 4) is 11.6 Å². The molecule has 0 saturated carbocycles. The number of rotatable bonds is 5. The van der Waals surface area contributed by atoms with Gasteiger partial charge in [-0.05, 0) is 50.6 Å². The summed E-state index contributed by atoms with van der Waals surface area (Å²) in [5.74, 6) is 0.118. The number of aryl methyl sites for hydroxylation is 1. The van der Waals surface area contributed by atoms with E-state index in [2.05, 4.69) is 15.3 Å². The molecular weight excluding hydrogens is 361 g/mol. The highest BCUT2D eigenvalue weighted by molar-refractivity contribution is 5.98. The quantitative estimate of drug-likeness (QED) is 0.679. The minimum Gasteiger partial charge on any atom is -0.471 e. The maximum atomic E-state index is 13.2. The maximum Gasteiger partial charge on any atom is 0.256 e. The van der Waals surface area contributed by atoms with Crippen LogP contribution in [0.15, 0.2) is 36.5 Å². The van der Waals surface area contributed by atoms with Crippen LogP contribution >= 0.6 is 0 Å². The molecule has 3 aromatic rings. The third-order valence-corrected chi connectivity index (χ3v) is 4.81. The summed E-state index contributed by atoms with van der Waals surface area (Å²) in [6.07, 6.45) is 1.57. The van der Waals surface area contributed by atoms with Gasteiger partial charge in [-0.3, -0.25) is 4.79 Å². The van der Waals surface area contributed by atoms with Gasteiger partial charge in [-0.2, -0.15) is 0 Å². The molecule has 0 atom stereocenters. The zero-order valence-electron chi connectivity index (χ0n) is 15.9. The van der Waals surface area contributed by atoms with Crippen molar-refractivity contribution >= 4 is 5.91 Å². The van der Waals surface area contributed by atoms with Gasteiger partial charge in [-0.25, -0.2) is 14.1 Å². The molecule has 28 heavy (non-hydrogen) atoms. The smallest absolute Gasteiger partial charge is 0.256 e. The van der Waals surface area contributed by atoms with Crippen LogP contribution in [-0.4, -0.2) is 36.8 Å². The minimum absolute atomic E-state index is 0.00141. The topological polar surface area (TPSA) is 73.1 Å². The second-order valence-corrected chi connectivity index (χ2v) is 7.00. The van der Waals surface area contributed by atoms with Crippen LogP contribution in [0.2, 0.25) is 0 Å². The predicted octanol–water partition coefficient (Wildman–Crippen LogP) is 3.05. The number of carbonyl (C=O) groups excluding carboxylic acids is 1. The van der Waals surface area contributed by atoms with E-state index in [1.807, 2.05) is 20.8 Å². The van der Waals surface area contributed by atoms with Crippen LogP contribution in [-0.2, 0) is 13.2 Å². The Labute approximate surface area is 161 Å². The Balaban J connectivity index is 1.54. The molecule has 3 heterocycles. The second kappa shape index (κ2) is 7.03. The first-order valence-electron chi connectivity index (χ1n) is 9.04. The number of aromatic nitrogens is 4. The van der Waals surface area contributed by atoms with Crippen LogP contribution in [0.3, 0.4) is 0 Å². The lowest BCUT2D eigenvalue weighted by Crippen LogP contribution is -2.30. The van der Waals surface area contributed by atoms with Crippen molar-refractivity contribution in [2.75, 3.05) is 0 Å². The average Bonchev–Trinajstić information content (AvgIpc) is 3.21. The van der Waals surface area contributed by atoms with Gasteiger partial charge in [-0.1, -0.05) is 5.21 Å². The molecule has 0 radical (unpaired) electrons. The molecule has 7 nitrogen and oxygen atoms in total. The molecule has 8 heteroatoms. The fourth-order valence-corrected chi connectivity index (χ4v) is 3.18. The molecule has 0 unspecified atom stereocenters. The molecule has 1 amide bonds. The van der Waals surface area contributed by atoms with Crippen molar-refractivity contribution in [3.63, 3.8) is 0 Å². The van der Waals surface area contributed by atoms with Crippen LogP contribution in [0.5, 0.6) is 5.88 Å². The summed E-state index contributed by atoms with van der Waals surface area (Å²) < 4.78 is 20.7. The van der Waals surface area contributed by atoms with E-state index in [1.54, 1.807) is 34.0 Å². The maximum absolute atomic E-state index is 13.2. The third-order valence-electron chi connectivity index (χ3n) is 4.81. The Hall–Kier alpha value is -3.29. The largest absolute Gasteiger partial charge is 0.471 e. The average molecular weight is 381 g/mol. The van der Waals surface area contributed by atoms with Crippen molar-refractivity contribution < 1.29 is 13.9 Å². The molecule has 1 aliphatic heterocycles. The van der Waals surface area contributed by atoms with Gasteiger partial charge in [0.1, 0.15) is 18.1 Å². The summed E-state index contributed by atoms with van der Waals surface area (Å²) in [5, 5.41) is 8.21. The summed E-state index contributed by atoms with van der Waals surface area (Å²) in [7, 11) is 0. The lowest BCUT2D eigenvalue weighted by Gasteiger charge is -2.19. The van der Waals surface area contributed by atoms with E-state index >= 15 is 0 Å². The molecule has 4 rings (SSSR count). The molecule has 0 fully saturated rings. The molecular formula is C20H20FN5O2. The number of carbonyl (C=O) groups is 1. The summed E-state index contributed by atoms with van der Waals surface area (Å²) in [6.45, 7) is 6.56. The fourth-order valence-electron chi connectivity index (χ4n) is 3.18. The van der Waals surface area contributed by atoms with E-state index in [9.17, 15) is 9.18 Å². The normalized spacial score (nSPS) is 13.3. The van der Waals surface area contributed by atoms with E-state index in [4.69, 9.17) is 4.74 Å². The Morgan fingerprint density at radius 1 is 1.25 bits per heavy atom. The minimum atomic E-state index is -0.314. The fraction of sp³-hybridized carbons (Fsp3) is 0.300. The van der Waals surface area contributed by atoms with Crippen molar-refractivity contribution in [3.05, 3.63) is 64.9 Å². The van der Waals surface area contributed by atoms with Crippen molar-refractivity contribution in [2.24, 2.45) is 0 Å². The van der Waals surface area contributed by atoms with Crippen LogP contribution in [0.4, 0.5) is 4.39 Å². The highest BCUT2D eigenvalue weighted by Gasteiger charge is 2.30. The van der Waals surface area contributed by atoms with E-state index in [0.29, 0.717) is 29.4 Å². The molecule has 0 spiro atoms. The van der Waals surface area contributed by atoms with E-state index in [1.165, 1.54) is 12.1 Å². The second-order valence-electron chi connectivity index (χ2n) is 7.00. The van der Waals surface area contributed by atoms with Gasteiger partial charge in [0.15, 0.2) is 0 Å². The van der Waals surface area contributed by atoms with Gasteiger partial charge in [0, 0.05) is 24.8 Å². The van der Waals surface area contributed by atoms with Crippen LogP contribution in [0.25, 0.3) is 5.69 Å². The number of benzene rings is 1. The highest BCUT2D eigenvalue weighted by Crippen LogP contribution is 2.27. The first-order chi connectivity index (χ1) is 13.4. The molecule has 0 saturated heterocycles. The molecule has 1 aliphatic rings. The van der Waals surface area contributed by atoms with Crippen LogP contribution in [0.1, 0.15) is 41.2 Å². The molecule has 0 N–H and O–H groups in total. The van der Waals surface area contributed by atoms with Crippen LogP contribution in [0, 0.1) is 12.7 Å². The molecule has 2 aromatic heterocycles. The monoisotopic (exact) mass is 381 g/mol. The number of nitrogens with zero attached hydrogens (tertiary/aromatic N) is 5. The summed E-state index contributed by atoms with van der Waals surface area (Å²) in [4.78, 5) is 18.4. The third kappa shape index (κ3) is 3.21. The molecule has 144 valence electrons. The zero-order chi connectivity index (χ0) is 19.8. The highest BCUT2D eigenvalue weighted by atomic mass is 19.1. The number of hydrogen-bond acceptors (Lipinski definition) is 5. The summed E-state index contributed by atoms with van der Waals surface area (Å²) in [5.41, 5.74) is 3.68. The molecule has 0 aliphatic carbocycles. The van der Waals surface area contributed by atoms with Gasteiger partial charge in [0.25, 0.3) is 5.91 Å². The van der Waals surface area contributed by atoms with Gasteiger partial charge in [0.05, 0.1) is 16.9 Å². The number of fused-ring (bicyclic) bond motifs is 1. The van der Waals surface area contributed by atoms with Crippen molar-refractivity contribution in [1.82, 2.24) is 24.9 Å².